The minimum absolute atomic E-state index is 0.0144. The molecule has 4 heteroatoms. The van der Waals surface area contributed by atoms with Gasteiger partial charge in [0.25, 0.3) is 0 Å². The fourth-order valence-electron chi connectivity index (χ4n) is 1.35. The Hall–Kier alpha value is -1.97. The minimum atomic E-state index is -0.984. The van der Waals surface area contributed by atoms with Crippen molar-refractivity contribution in [2.45, 2.75) is 0 Å². The Morgan fingerprint density at radius 1 is 1.13 bits per heavy atom. The van der Waals surface area contributed by atoms with Crippen LogP contribution in [0.5, 0.6) is 0 Å². The van der Waals surface area contributed by atoms with Crippen molar-refractivity contribution in [2.24, 2.45) is 0 Å². The summed E-state index contributed by atoms with van der Waals surface area (Å²) in [5.74, 6) is -1.95. The zero-order valence-corrected chi connectivity index (χ0v) is 7.54. The Labute approximate surface area is 84.1 Å². The Bertz CT molecular complexity index is 503. The molecule has 0 saturated heterocycles. The minimum Gasteiger partial charge on any atom is -0.461 e. The first-order chi connectivity index (χ1) is 7.24. The van der Waals surface area contributed by atoms with Crippen LogP contribution >= 0.6 is 0 Å². The van der Waals surface area contributed by atoms with Crippen LogP contribution in [0.25, 0.3) is 11.1 Å². The lowest BCUT2D eigenvalue weighted by Crippen LogP contribution is -1.90. The summed E-state index contributed by atoms with van der Waals surface area (Å²) in [5.41, 5.74) is 0.271. The third kappa shape index (κ3) is 1.54. The van der Waals surface area contributed by atoms with Gasteiger partial charge < -0.3 is 4.42 Å². The topological polar surface area (TPSA) is 30.2 Å². The second-order valence-electron chi connectivity index (χ2n) is 2.92. The number of carbonyl (C=O) groups excluding carboxylic acids is 1. The predicted molar refractivity (Wildman–Crippen MR) is 49.4 cm³/mol. The molecule has 2 nitrogen and oxygen atoms in total. The van der Waals surface area contributed by atoms with Crippen molar-refractivity contribution in [3.8, 4) is 11.1 Å². The summed E-state index contributed by atoms with van der Waals surface area (Å²) >= 11 is 0. The number of halogens is 2. The molecule has 15 heavy (non-hydrogen) atoms. The van der Waals surface area contributed by atoms with E-state index in [2.05, 4.69) is 0 Å². The summed E-state index contributed by atoms with van der Waals surface area (Å²) in [6.07, 6.45) is 1.71. The maximum absolute atomic E-state index is 13.3. The van der Waals surface area contributed by atoms with Crippen molar-refractivity contribution >= 4 is 6.29 Å². The number of furan rings is 1. The van der Waals surface area contributed by atoms with E-state index in [0.29, 0.717) is 6.29 Å². The summed E-state index contributed by atoms with van der Waals surface area (Å²) in [6, 6.07) is 5.19. The average molecular weight is 208 g/mol. The molecular formula is C11H6F2O2. The quantitative estimate of drug-likeness (QED) is 0.710. The Balaban J connectivity index is 2.64. The molecule has 0 N–H and O–H groups in total. The average Bonchev–Trinajstić information content (AvgIpc) is 2.70. The number of benzene rings is 1. The highest BCUT2D eigenvalue weighted by molar-refractivity contribution is 5.84. The second-order valence-corrected chi connectivity index (χ2v) is 2.92. The van der Waals surface area contributed by atoms with Gasteiger partial charge in [0.2, 0.25) is 0 Å². The van der Waals surface area contributed by atoms with Gasteiger partial charge in [0.1, 0.15) is 0 Å². The van der Waals surface area contributed by atoms with Gasteiger partial charge >= 0.3 is 0 Å². The highest BCUT2D eigenvalue weighted by Crippen LogP contribution is 2.27. The molecule has 0 bridgehead atoms. The first-order valence-electron chi connectivity index (χ1n) is 4.21. The van der Waals surface area contributed by atoms with Crippen LogP contribution in [0.3, 0.4) is 0 Å². The van der Waals surface area contributed by atoms with E-state index < -0.39 is 11.6 Å². The summed E-state index contributed by atoms with van der Waals surface area (Å²) in [4.78, 5) is 10.5. The van der Waals surface area contributed by atoms with Crippen LogP contribution in [-0.2, 0) is 0 Å². The molecule has 0 saturated carbocycles. The van der Waals surface area contributed by atoms with E-state index in [9.17, 15) is 13.6 Å². The molecule has 0 radical (unpaired) electrons. The maximum Gasteiger partial charge on any atom is 0.185 e. The van der Waals surface area contributed by atoms with Crippen molar-refractivity contribution in [2.75, 3.05) is 0 Å². The molecule has 2 aromatic rings. The van der Waals surface area contributed by atoms with Crippen molar-refractivity contribution in [1.29, 1.82) is 0 Å². The zero-order chi connectivity index (χ0) is 10.8. The van der Waals surface area contributed by atoms with E-state index >= 15 is 0 Å². The van der Waals surface area contributed by atoms with Crippen LogP contribution in [0.2, 0.25) is 0 Å². The molecule has 0 spiro atoms. The van der Waals surface area contributed by atoms with Gasteiger partial charge in [-0.1, -0.05) is 12.1 Å². The van der Waals surface area contributed by atoms with Crippen molar-refractivity contribution in [3.05, 3.63) is 47.9 Å². The van der Waals surface area contributed by atoms with Crippen molar-refractivity contribution in [1.82, 2.24) is 0 Å². The molecule has 1 aromatic carbocycles. The molecule has 0 aliphatic heterocycles. The molecule has 1 aromatic heterocycles. The van der Waals surface area contributed by atoms with E-state index in [1.54, 1.807) is 0 Å². The SMILES string of the molecule is O=Cc1occc1-c1cccc(F)c1F. The van der Waals surface area contributed by atoms with E-state index in [4.69, 9.17) is 4.42 Å². The Kier molecular flexibility index (Phi) is 2.33. The summed E-state index contributed by atoms with van der Waals surface area (Å²) in [7, 11) is 0. The zero-order valence-electron chi connectivity index (χ0n) is 7.54. The molecular weight excluding hydrogens is 202 g/mol. The smallest absolute Gasteiger partial charge is 0.185 e. The largest absolute Gasteiger partial charge is 0.461 e. The third-order valence-electron chi connectivity index (χ3n) is 2.04. The first kappa shape index (κ1) is 9.58. The van der Waals surface area contributed by atoms with E-state index in [1.807, 2.05) is 0 Å². The number of hydrogen-bond acceptors (Lipinski definition) is 2. The van der Waals surface area contributed by atoms with E-state index in [1.165, 1.54) is 24.5 Å². The van der Waals surface area contributed by atoms with Gasteiger partial charge in [0.05, 0.1) is 6.26 Å². The van der Waals surface area contributed by atoms with E-state index in [-0.39, 0.29) is 16.9 Å². The number of carbonyl (C=O) groups is 1. The van der Waals surface area contributed by atoms with Gasteiger partial charge in [-0.15, -0.1) is 0 Å². The van der Waals surface area contributed by atoms with Crippen LogP contribution < -0.4 is 0 Å². The Morgan fingerprint density at radius 2 is 1.93 bits per heavy atom. The first-order valence-corrected chi connectivity index (χ1v) is 4.21. The lowest BCUT2D eigenvalue weighted by atomic mass is 10.1. The molecule has 0 atom stereocenters. The summed E-state index contributed by atoms with van der Waals surface area (Å²) in [5, 5.41) is 0. The fraction of sp³-hybridized carbons (Fsp3) is 0. The van der Waals surface area contributed by atoms with Crippen LogP contribution in [-0.4, -0.2) is 6.29 Å². The lowest BCUT2D eigenvalue weighted by Gasteiger charge is -2.01. The normalized spacial score (nSPS) is 10.3. The summed E-state index contributed by atoms with van der Waals surface area (Å²) in [6.45, 7) is 0. The highest BCUT2D eigenvalue weighted by Gasteiger charge is 2.14. The van der Waals surface area contributed by atoms with Crippen molar-refractivity contribution < 1.29 is 18.0 Å². The maximum atomic E-state index is 13.3. The molecule has 0 aliphatic rings. The molecule has 0 fully saturated rings. The van der Waals surface area contributed by atoms with Crippen LogP contribution in [0.4, 0.5) is 8.78 Å². The highest BCUT2D eigenvalue weighted by atomic mass is 19.2. The van der Waals surface area contributed by atoms with Gasteiger partial charge in [-0.3, -0.25) is 4.79 Å². The third-order valence-corrected chi connectivity index (χ3v) is 2.04. The molecule has 1 heterocycles. The molecule has 2 rings (SSSR count). The number of rotatable bonds is 2. The molecule has 0 amide bonds. The van der Waals surface area contributed by atoms with Crippen LogP contribution in [0, 0.1) is 11.6 Å². The van der Waals surface area contributed by atoms with Gasteiger partial charge in [-0.25, -0.2) is 8.78 Å². The monoisotopic (exact) mass is 208 g/mol. The van der Waals surface area contributed by atoms with Crippen molar-refractivity contribution in [3.63, 3.8) is 0 Å². The van der Waals surface area contributed by atoms with Crippen LogP contribution in [0.1, 0.15) is 10.6 Å². The number of aldehydes is 1. The molecule has 0 unspecified atom stereocenters. The van der Waals surface area contributed by atoms with Gasteiger partial charge in [-0.2, -0.15) is 0 Å². The second kappa shape index (κ2) is 3.65. The molecule has 76 valence electrons. The Morgan fingerprint density at radius 3 is 2.67 bits per heavy atom. The number of hydrogen-bond donors (Lipinski definition) is 0. The fourth-order valence-corrected chi connectivity index (χ4v) is 1.35. The van der Waals surface area contributed by atoms with Gasteiger partial charge in [-0.05, 0) is 12.1 Å². The summed E-state index contributed by atoms with van der Waals surface area (Å²) < 4.78 is 31.1. The van der Waals surface area contributed by atoms with Crippen LogP contribution in [0.15, 0.2) is 34.9 Å². The standard InChI is InChI=1S/C11H6F2O2/c12-9-3-1-2-8(11(9)13)7-4-5-15-10(7)6-14/h1-6H. The molecule has 0 aliphatic carbocycles. The van der Waals surface area contributed by atoms with Gasteiger partial charge in [0, 0.05) is 11.1 Å². The lowest BCUT2D eigenvalue weighted by molar-refractivity contribution is 0.110. The predicted octanol–water partition coefficient (Wildman–Crippen LogP) is 3.04. The van der Waals surface area contributed by atoms with Gasteiger partial charge in [0.15, 0.2) is 23.7 Å². The van der Waals surface area contributed by atoms with E-state index in [0.717, 1.165) is 6.07 Å².